The van der Waals surface area contributed by atoms with Crippen molar-refractivity contribution in [2.75, 3.05) is 26.8 Å². The third-order valence-corrected chi connectivity index (χ3v) is 2.26. The van der Waals surface area contributed by atoms with E-state index in [1.54, 1.807) is 18.0 Å². The Kier molecular flexibility index (Phi) is 4.65. The number of carbonyl (C=O) groups excluding carboxylic acids is 1. The topological polar surface area (TPSA) is 42.7 Å². The van der Waals surface area contributed by atoms with Crippen molar-refractivity contribution in [1.82, 2.24) is 4.90 Å². The second-order valence-corrected chi connectivity index (χ2v) is 3.37. The Morgan fingerprint density at radius 1 is 1.67 bits per heavy atom. The van der Waals surface area contributed by atoms with Crippen LogP contribution < -0.4 is 0 Å². The molecule has 0 fully saturated rings. The zero-order valence-electron chi connectivity index (χ0n) is 8.83. The van der Waals surface area contributed by atoms with Gasteiger partial charge in [0, 0.05) is 20.2 Å². The van der Waals surface area contributed by atoms with E-state index in [1.807, 2.05) is 6.92 Å². The minimum atomic E-state index is -0.159. The summed E-state index contributed by atoms with van der Waals surface area (Å²) >= 11 is 5.69. The Balaban J connectivity index is 2.50. The number of hydrogen-bond donors (Lipinski definition) is 0. The van der Waals surface area contributed by atoms with E-state index in [9.17, 15) is 4.79 Å². The second-order valence-electron chi connectivity index (χ2n) is 3.03. The molecule has 1 aromatic rings. The first kappa shape index (κ1) is 12.1. The highest BCUT2D eigenvalue weighted by Gasteiger charge is 2.16. The molecule has 0 spiro atoms. The summed E-state index contributed by atoms with van der Waals surface area (Å²) in [5.41, 5.74) is 0.385. The lowest BCUT2D eigenvalue weighted by Gasteiger charge is -2.15. The molecule has 0 N–H and O–H groups in total. The molecule has 0 aliphatic rings. The minimum absolute atomic E-state index is 0.128. The van der Waals surface area contributed by atoms with Crippen LogP contribution in [0.25, 0.3) is 0 Å². The van der Waals surface area contributed by atoms with Crippen molar-refractivity contribution < 1.29 is 13.9 Å². The summed E-state index contributed by atoms with van der Waals surface area (Å²) in [6.45, 7) is 3.62. The van der Waals surface area contributed by atoms with E-state index in [4.69, 9.17) is 20.8 Å². The molecule has 0 saturated carbocycles. The summed E-state index contributed by atoms with van der Waals surface area (Å²) in [5.74, 6) is -0.159. The number of likely N-dealkylation sites (N-methyl/N-ethyl adjacent to an activating group) is 1. The van der Waals surface area contributed by atoms with Crippen LogP contribution in [0.3, 0.4) is 0 Å². The Labute approximate surface area is 93.8 Å². The Bertz CT molecular complexity index is 324. The molecule has 0 aromatic carbocycles. The number of rotatable bonds is 5. The number of ether oxygens (including phenoxy) is 1. The maximum Gasteiger partial charge on any atom is 0.258 e. The maximum absolute atomic E-state index is 11.7. The molecule has 4 nitrogen and oxygen atoms in total. The van der Waals surface area contributed by atoms with Gasteiger partial charge in [-0.2, -0.15) is 0 Å². The standard InChI is InChI=1S/C10H14ClNO3/c1-3-14-7-5-12(2)10(13)8-4-6-15-9(8)11/h4,6H,3,5,7H2,1-2H3. The highest BCUT2D eigenvalue weighted by Crippen LogP contribution is 2.17. The normalized spacial score (nSPS) is 10.3. The first-order valence-electron chi connectivity index (χ1n) is 4.73. The molecular formula is C10H14ClNO3. The molecule has 0 aliphatic heterocycles. The fourth-order valence-corrected chi connectivity index (χ4v) is 1.29. The molecule has 5 heteroatoms. The third-order valence-electron chi connectivity index (χ3n) is 1.97. The van der Waals surface area contributed by atoms with Crippen LogP contribution in [0.4, 0.5) is 0 Å². The van der Waals surface area contributed by atoms with E-state index in [0.717, 1.165) is 0 Å². The number of nitrogens with zero attached hydrogens (tertiary/aromatic N) is 1. The number of hydrogen-bond acceptors (Lipinski definition) is 3. The molecule has 1 rings (SSSR count). The summed E-state index contributed by atoms with van der Waals surface area (Å²) in [5, 5.41) is 0.128. The summed E-state index contributed by atoms with van der Waals surface area (Å²) in [6, 6.07) is 1.56. The van der Waals surface area contributed by atoms with Crippen LogP contribution in [-0.4, -0.2) is 37.6 Å². The highest BCUT2D eigenvalue weighted by atomic mass is 35.5. The lowest BCUT2D eigenvalue weighted by Crippen LogP contribution is -2.30. The van der Waals surface area contributed by atoms with Gasteiger partial charge in [0.2, 0.25) is 5.22 Å². The fourth-order valence-electron chi connectivity index (χ4n) is 1.10. The Morgan fingerprint density at radius 3 is 2.93 bits per heavy atom. The molecule has 1 aromatic heterocycles. The van der Waals surface area contributed by atoms with Gasteiger partial charge in [0.05, 0.1) is 18.4 Å². The Hall–Kier alpha value is -1.00. The molecule has 0 saturated heterocycles. The van der Waals surface area contributed by atoms with E-state index >= 15 is 0 Å². The summed E-state index contributed by atoms with van der Waals surface area (Å²) in [6.07, 6.45) is 1.39. The van der Waals surface area contributed by atoms with E-state index in [2.05, 4.69) is 0 Å². The molecule has 0 atom stereocenters. The molecule has 1 heterocycles. The lowest BCUT2D eigenvalue weighted by molar-refractivity contribution is 0.0709. The molecule has 0 bridgehead atoms. The van der Waals surface area contributed by atoms with E-state index in [0.29, 0.717) is 25.3 Å². The van der Waals surface area contributed by atoms with Crippen LogP contribution in [0.2, 0.25) is 5.22 Å². The SMILES string of the molecule is CCOCCN(C)C(=O)c1ccoc1Cl. The third kappa shape index (κ3) is 3.25. The van der Waals surface area contributed by atoms with E-state index < -0.39 is 0 Å². The van der Waals surface area contributed by atoms with Crippen LogP contribution in [0.15, 0.2) is 16.7 Å². The van der Waals surface area contributed by atoms with Crippen LogP contribution in [-0.2, 0) is 4.74 Å². The van der Waals surface area contributed by atoms with Gasteiger partial charge in [0.1, 0.15) is 0 Å². The van der Waals surface area contributed by atoms with Gasteiger partial charge < -0.3 is 14.1 Å². The molecule has 1 amide bonds. The second kappa shape index (κ2) is 5.78. The zero-order chi connectivity index (χ0) is 11.3. The van der Waals surface area contributed by atoms with Gasteiger partial charge in [-0.1, -0.05) is 0 Å². The number of amides is 1. The van der Waals surface area contributed by atoms with E-state index in [1.165, 1.54) is 6.26 Å². The first-order valence-corrected chi connectivity index (χ1v) is 5.10. The Morgan fingerprint density at radius 2 is 2.40 bits per heavy atom. The predicted molar refractivity (Wildman–Crippen MR) is 57.2 cm³/mol. The summed E-state index contributed by atoms with van der Waals surface area (Å²) in [7, 11) is 1.70. The first-order chi connectivity index (χ1) is 7.16. The minimum Gasteiger partial charge on any atom is -0.452 e. The predicted octanol–water partition coefficient (Wildman–Crippen LogP) is 2.04. The number of carbonyl (C=O) groups is 1. The maximum atomic E-state index is 11.7. The smallest absolute Gasteiger partial charge is 0.258 e. The van der Waals surface area contributed by atoms with Crippen molar-refractivity contribution in [1.29, 1.82) is 0 Å². The van der Waals surface area contributed by atoms with Crippen LogP contribution in [0, 0.1) is 0 Å². The molecular weight excluding hydrogens is 218 g/mol. The van der Waals surface area contributed by atoms with Crippen molar-refractivity contribution in [3.63, 3.8) is 0 Å². The fraction of sp³-hybridized carbons (Fsp3) is 0.500. The summed E-state index contributed by atoms with van der Waals surface area (Å²) < 4.78 is 10.00. The largest absolute Gasteiger partial charge is 0.452 e. The number of halogens is 1. The molecule has 0 aliphatic carbocycles. The number of furan rings is 1. The summed E-state index contributed by atoms with van der Waals surface area (Å²) in [4.78, 5) is 13.3. The quantitative estimate of drug-likeness (QED) is 0.729. The van der Waals surface area contributed by atoms with Gasteiger partial charge in [-0.05, 0) is 24.6 Å². The zero-order valence-corrected chi connectivity index (χ0v) is 9.58. The van der Waals surface area contributed by atoms with Crippen LogP contribution in [0.5, 0.6) is 0 Å². The van der Waals surface area contributed by atoms with Gasteiger partial charge in [-0.25, -0.2) is 0 Å². The van der Waals surface area contributed by atoms with Crippen molar-refractivity contribution in [2.24, 2.45) is 0 Å². The van der Waals surface area contributed by atoms with Crippen molar-refractivity contribution >= 4 is 17.5 Å². The van der Waals surface area contributed by atoms with Gasteiger partial charge >= 0.3 is 0 Å². The van der Waals surface area contributed by atoms with E-state index in [-0.39, 0.29) is 11.1 Å². The van der Waals surface area contributed by atoms with Crippen molar-refractivity contribution in [3.8, 4) is 0 Å². The van der Waals surface area contributed by atoms with Crippen LogP contribution >= 0.6 is 11.6 Å². The van der Waals surface area contributed by atoms with Crippen molar-refractivity contribution in [3.05, 3.63) is 23.1 Å². The highest BCUT2D eigenvalue weighted by molar-refractivity contribution is 6.32. The average Bonchev–Trinajstić information content (AvgIpc) is 2.63. The van der Waals surface area contributed by atoms with Crippen LogP contribution in [0.1, 0.15) is 17.3 Å². The van der Waals surface area contributed by atoms with Crippen molar-refractivity contribution in [2.45, 2.75) is 6.92 Å². The van der Waals surface area contributed by atoms with Gasteiger partial charge in [0.15, 0.2) is 0 Å². The molecule has 15 heavy (non-hydrogen) atoms. The molecule has 0 radical (unpaired) electrons. The lowest BCUT2D eigenvalue weighted by atomic mass is 10.3. The van der Waals surface area contributed by atoms with Gasteiger partial charge in [0.25, 0.3) is 5.91 Å². The van der Waals surface area contributed by atoms with Gasteiger partial charge in [-0.15, -0.1) is 0 Å². The molecule has 84 valence electrons. The average molecular weight is 232 g/mol. The van der Waals surface area contributed by atoms with Gasteiger partial charge in [-0.3, -0.25) is 4.79 Å². The molecule has 0 unspecified atom stereocenters. The monoisotopic (exact) mass is 231 g/mol.